The van der Waals surface area contributed by atoms with Gasteiger partial charge in [-0.3, -0.25) is 10.6 Å². The van der Waals surface area contributed by atoms with Crippen LogP contribution in [-0.2, 0) is 22.3 Å². The van der Waals surface area contributed by atoms with E-state index < -0.39 is 18.3 Å². The van der Waals surface area contributed by atoms with Crippen LogP contribution in [0.25, 0.3) is 0 Å². The molecule has 176 valence electrons. The van der Waals surface area contributed by atoms with Gasteiger partial charge in [0.1, 0.15) is 19.0 Å². The second-order valence-corrected chi connectivity index (χ2v) is 8.06. The number of rotatable bonds is 8. The molecule has 0 bridgehead atoms. The first-order valence-electron chi connectivity index (χ1n) is 11.4. The Hall–Kier alpha value is -4.00. The molecular formula is C27H28N2O5. The van der Waals surface area contributed by atoms with Crippen molar-refractivity contribution < 1.29 is 23.8 Å². The molecule has 34 heavy (non-hydrogen) atoms. The molecule has 0 fully saturated rings. The van der Waals surface area contributed by atoms with Gasteiger partial charge in [-0.1, -0.05) is 42.5 Å². The SMILES string of the molecule is O=C(Nc1ccccc1)OCC(COc1ccc2c(c1)CCCC2)OC(=O)Nc1ccccc1. The van der Waals surface area contributed by atoms with E-state index in [0.29, 0.717) is 17.1 Å². The Morgan fingerprint density at radius 2 is 1.35 bits per heavy atom. The maximum atomic E-state index is 12.4. The van der Waals surface area contributed by atoms with Crippen molar-refractivity contribution in [3.8, 4) is 5.75 Å². The largest absolute Gasteiger partial charge is 0.490 e. The molecule has 1 aliphatic carbocycles. The maximum absolute atomic E-state index is 12.4. The summed E-state index contributed by atoms with van der Waals surface area (Å²) in [5, 5.41) is 5.31. The van der Waals surface area contributed by atoms with E-state index in [1.54, 1.807) is 24.3 Å². The van der Waals surface area contributed by atoms with E-state index in [1.165, 1.54) is 24.0 Å². The summed E-state index contributed by atoms with van der Waals surface area (Å²) >= 11 is 0. The Balaban J connectivity index is 1.35. The van der Waals surface area contributed by atoms with Crippen LogP contribution in [0, 0.1) is 0 Å². The van der Waals surface area contributed by atoms with Gasteiger partial charge in [0, 0.05) is 11.4 Å². The van der Waals surface area contributed by atoms with E-state index in [-0.39, 0.29) is 13.2 Å². The van der Waals surface area contributed by atoms with Gasteiger partial charge in [-0.2, -0.15) is 0 Å². The quantitative estimate of drug-likeness (QED) is 0.443. The highest BCUT2D eigenvalue weighted by molar-refractivity contribution is 5.85. The zero-order valence-corrected chi connectivity index (χ0v) is 18.9. The lowest BCUT2D eigenvalue weighted by molar-refractivity contribution is 0.0289. The monoisotopic (exact) mass is 460 g/mol. The average Bonchev–Trinajstić information content (AvgIpc) is 2.86. The highest BCUT2D eigenvalue weighted by atomic mass is 16.6. The van der Waals surface area contributed by atoms with Crippen molar-refractivity contribution in [1.82, 2.24) is 0 Å². The van der Waals surface area contributed by atoms with Crippen molar-refractivity contribution in [2.45, 2.75) is 31.8 Å². The molecule has 1 aliphatic rings. The molecule has 2 N–H and O–H groups in total. The molecule has 2 amide bonds. The van der Waals surface area contributed by atoms with Crippen molar-refractivity contribution in [3.05, 3.63) is 90.0 Å². The first-order chi connectivity index (χ1) is 16.7. The van der Waals surface area contributed by atoms with Crippen LogP contribution in [0.5, 0.6) is 5.75 Å². The van der Waals surface area contributed by atoms with Crippen LogP contribution in [0.15, 0.2) is 78.9 Å². The molecule has 1 atom stereocenters. The third kappa shape index (κ3) is 7.00. The molecule has 1 unspecified atom stereocenters. The normalized spacial score (nSPS) is 13.2. The number of hydrogen-bond donors (Lipinski definition) is 2. The molecular weight excluding hydrogens is 432 g/mol. The maximum Gasteiger partial charge on any atom is 0.412 e. The van der Waals surface area contributed by atoms with E-state index in [0.717, 1.165) is 12.8 Å². The first kappa shape index (κ1) is 23.2. The number of para-hydroxylation sites is 2. The number of anilines is 2. The third-order valence-corrected chi connectivity index (χ3v) is 5.47. The Labute approximate surface area is 199 Å². The standard InChI is InChI=1S/C27H28N2O5/c30-26(28-22-11-3-1-4-12-22)33-19-25(34-27(31)29-23-13-5-2-6-14-23)18-32-24-16-15-20-9-7-8-10-21(20)17-24/h1-6,11-17,25H,7-10,18-19H2,(H,28,30)(H,29,31). The van der Waals surface area contributed by atoms with Crippen LogP contribution in [0.1, 0.15) is 24.0 Å². The molecule has 0 aromatic heterocycles. The summed E-state index contributed by atoms with van der Waals surface area (Å²) in [6, 6.07) is 24.0. The predicted octanol–water partition coefficient (Wildman–Crippen LogP) is 5.81. The van der Waals surface area contributed by atoms with E-state index in [1.807, 2.05) is 48.5 Å². The minimum Gasteiger partial charge on any atom is -0.490 e. The number of aryl methyl sites for hydroxylation is 2. The second kappa shape index (κ2) is 11.7. The van der Waals surface area contributed by atoms with Gasteiger partial charge in [-0.05, 0) is 73.2 Å². The zero-order valence-electron chi connectivity index (χ0n) is 18.9. The van der Waals surface area contributed by atoms with Gasteiger partial charge in [0.05, 0.1) is 0 Å². The smallest absolute Gasteiger partial charge is 0.412 e. The van der Waals surface area contributed by atoms with E-state index in [4.69, 9.17) is 14.2 Å². The van der Waals surface area contributed by atoms with Gasteiger partial charge >= 0.3 is 12.2 Å². The van der Waals surface area contributed by atoms with Crippen molar-refractivity contribution >= 4 is 23.6 Å². The molecule has 0 saturated carbocycles. The molecule has 0 radical (unpaired) electrons. The Kier molecular flexibility index (Phi) is 8.00. The lowest BCUT2D eigenvalue weighted by atomic mass is 9.92. The Morgan fingerprint density at radius 1 is 0.735 bits per heavy atom. The number of nitrogens with one attached hydrogen (secondary N) is 2. The summed E-state index contributed by atoms with van der Waals surface area (Å²) in [7, 11) is 0. The molecule has 3 aromatic rings. The fourth-order valence-corrected chi connectivity index (χ4v) is 3.77. The first-order valence-corrected chi connectivity index (χ1v) is 11.4. The number of carbonyl (C=O) groups is 2. The molecule has 0 spiro atoms. The fourth-order valence-electron chi connectivity index (χ4n) is 3.77. The van der Waals surface area contributed by atoms with Gasteiger partial charge in [0.25, 0.3) is 0 Å². The summed E-state index contributed by atoms with van der Waals surface area (Å²) in [6.07, 6.45) is 2.41. The predicted molar refractivity (Wildman–Crippen MR) is 130 cm³/mol. The number of carbonyl (C=O) groups excluding carboxylic acids is 2. The highest BCUT2D eigenvalue weighted by Gasteiger charge is 2.19. The summed E-state index contributed by atoms with van der Waals surface area (Å²) < 4.78 is 16.7. The summed E-state index contributed by atoms with van der Waals surface area (Å²) in [4.78, 5) is 24.6. The minimum atomic E-state index is -0.804. The molecule has 0 aliphatic heterocycles. The molecule has 7 nitrogen and oxygen atoms in total. The van der Waals surface area contributed by atoms with Crippen molar-refractivity contribution in [2.75, 3.05) is 23.8 Å². The fraction of sp³-hybridized carbons (Fsp3) is 0.259. The highest BCUT2D eigenvalue weighted by Crippen LogP contribution is 2.25. The van der Waals surface area contributed by atoms with E-state index >= 15 is 0 Å². The van der Waals surface area contributed by atoms with Crippen LogP contribution in [0.4, 0.5) is 21.0 Å². The topological polar surface area (TPSA) is 85.9 Å². The Morgan fingerprint density at radius 3 is 2.03 bits per heavy atom. The van der Waals surface area contributed by atoms with E-state index in [2.05, 4.69) is 16.7 Å². The lowest BCUT2D eigenvalue weighted by Crippen LogP contribution is -2.33. The minimum absolute atomic E-state index is 0.0413. The Bertz CT molecular complexity index is 1090. The summed E-state index contributed by atoms with van der Waals surface area (Å²) in [5.74, 6) is 0.700. The third-order valence-electron chi connectivity index (χ3n) is 5.47. The molecule has 4 rings (SSSR count). The van der Waals surface area contributed by atoms with Gasteiger partial charge in [-0.25, -0.2) is 9.59 Å². The van der Waals surface area contributed by atoms with Gasteiger partial charge in [0.15, 0.2) is 6.10 Å². The number of benzene rings is 3. The number of amides is 2. The van der Waals surface area contributed by atoms with E-state index in [9.17, 15) is 9.59 Å². The van der Waals surface area contributed by atoms with Crippen molar-refractivity contribution in [2.24, 2.45) is 0 Å². The van der Waals surface area contributed by atoms with Crippen LogP contribution >= 0.6 is 0 Å². The lowest BCUT2D eigenvalue weighted by Gasteiger charge is -2.20. The number of ether oxygens (including phenoxy) is 3. The van der Waals surface area contributed by atoms with Crippen LogP contribution < -0.4 is 15.4 Å². The summed E-state index contributed by atoms with van der Waals surface area (Å²) in [5.41, 5.74) is 3.86. The van der Waals surface area contributed by atoms with Gasteiger partial charge in [0.2, 0.25) is 0 Å². The number of hydrogen-bond acceptors (Lipinski definition) is 5. The van der Waals surface area contributed by atoms with Gasteiger partial charge < -0.3 is 14.2 Å². The summed E-state index contributed by atoms with van der Waals surface area (Å²) in [6.45, 7) is -0.120. The molecule has 0 saturated heterocycles. The van der Waals surface area contributed by atoms with Crippen LogP contribution in [0.2, 0.25) is 0 Å². The second-order valence-electron chi connectivity index (χ2n) is 8.06. The molecule has 3 aromatic carbocycles. The van der Waals surface area contributed by atoms with Crippen molar-refractivity contribution in [3.63, 3.8) is 0 Å². The van der Waals surface area contributed by atoms with Crippen molar-refractivity contribution in [1.29, 1.82) is 0 Å². The number of fused-ring (bicyclic) bond motifs is 1. The molecule has 0 heterocycles. The average molecular weight is 461 g/mol. The van der Waals surface area contributed by atoms with Gasteiger partial charge in [-0.15, -0.1) is 0 Å². The zero-order chi connectivity index (χ0) is 23.6. The van der Waals surface area contributed by atoms with Crippen LogP contribution in [-0.4, -0.2) is 31.5 Å². The molecule has 7 heteroatoms. The van der Waals surface area contributed by atoms with Crippen LogP contribution in [0.3, 0.4) is 0 Å².